The van der Waals surface area contributed by atoms with Crippen LogP contribution in [0.15, 0.2) is 24.3 Å². The summed E-state index contributed by atoms with van der Waals surface area (Å²) in [4.78, 5) is 26.5. The average Bonchev–Trinajstić information content (AvgIpc) is 2.83. The Morgan fingerprint density at radius 1 is 1.11 bits per heavy atom. The van der Waals surface area contributed by atoms with Crippen LogP contribution in [0.3, 0.4) is 0 Å². The number of ketones is 2. The van der Waals surface area contributed by atoms with E-state index in [0.29, 0.717) is 0 Å². The van der Waals surface area contributed by atoms with E-state index in [4.69, 9.17) is 15.2 Å². The molecule has 36 heavy (non-hydrogen) atoms. The highest BCUT2D eigenvalue weighted by Gasteiger charge is 2.47. The third kappa shape index (κ3) is 3.99. The molecular formula is C25H28ClNO9. The van der Waals surface area contributed by atoms with Crippen LogP contribution in [0, 0.1) is 0 Å². The van der Waals surface area contributed by atoms with Gasteiger partial charge in [-0.25, -0.2) is 0 Å². The minimum Gasteiger partial charge on any atom is -0.507 e. The van der Waals surface area contributed by atoms with Crippen LogP contribution in [0.2, 0.25) is 0 Å². The van der Waals surface area contributed by atoms with Crippen molar-refractivity contribution in [2.45, 2.75) is 62.4 Å². The van der Waals surface area contributed by atoms with Gasteiger partial charge in [0.05, 0.1) is 41.6 Å². The van der Waals surface area contributed by atoms with Crippen LogP contribution in [0.4, 0.5) is 0 Å². The lowest BCUT2D eigenvalue weighted by Crippen LogP contribution is -2.52. The van der Waals surface area contributed by atoms with Gasteiger partial charge in [0.15, 0.2) is 17.9 Å². The Balaban J connectivity index is 0.00000304. The maximum Gasteiger partial charge on any atom is 0.198 e. The fourth-order valence-electron chi connectivity index (χ4n) is 5.35. The quantitative estimate of drug-likeness (QED) is 0.270. The second-order valence-electron chi connectivity index (χ2n) is 9.59. The Kier molecular flexibility index (Phi) is 6.91. The molecule has 0 aromatic heterocycles. The van der Waals surface area contributed by atoms with Gasteiger partial charge < -0.3 is 40.7 Å². The number of carbonyl (C=O) groups is 2. The summed E-state index contributed by atoms with van der Waals surface area (Å²) in [6.07, 6.45) is -3.97. The molecule has 0 bridgehead atoms. The van der Waals surface area contributed by atoms with Crippen molar-refractivity contribution in [2.75, 3.05) is 6.61 Å². The number of phenols is 2. The topological polar surface area (TPSA) is 180 Å². The Morgan fingerprint density at radius 2 is 1.69 bits per heavy atom. The van der Waals surface area contributed by atoms with Crippen LogP contribution in [0.25, 0.3) is 0 Å². The molecule has 10 nitrogen and oxygen atoms in total. The molecule has 0 radical (unpaired) electrons. The Hall–Kier alpha value is -2.57. The van der Waals surface area contributed by atoms with Gasteiger partial charge in [-0.15, -0.1) is 12.4 Å². The number of aromatic hydroxyl groups is 2. The molecule has 0 saturated carbocycles. The van der Waals surface area contributed by atoms with E-state index in [1.165, 1.54) is 12.1 Å². The van der Waals surface area contributed by atoms with Gasteiger partial charge in [-0.2, -0.15) is 0 Å². The van der Waals surface area contributed by atoms with Crippen molar-refractivity contribution < 1.29 is 44.6 Å². The van der Waals surface area contributed by atoms with Crippen LogP contribution in [-0.4, -0.2) is 73.8 Å². The molecule has 2 aromatic carbocycles. The molecule has 11 heteroatoms. The summed E-state index contributed by atoms with van der Waals surface area (Å²) in [5.74, 6) is -2.34. The van der Waals surface area contributed by atoms with E-state index < -0.39 is 65.9 Å². The second kappa shape index (κ2) is 9.38. The number of benzene rings is 2. The van der Waals surface area contributed by atoms with Gasteiger partial charge in [-0.3, -0.25) is 9.59 Å². The summed E-state index contributed by atoms with van der Waals surface area (Å²) in [5, 5.41) is 53.4. The molecule has 1 saturated heterocycles. The molecule has 1 heterocycles. The number of rotatable bonds is 3. The molecule has 2 aliphatic carbocycles. The van der Waals surface area contributed by atoms with E-state index in [9.17, 15) is 35.1 Å². The summed E-state index contributed by atoms with van der Waals surface area (Å²) in [7, 11) is 0. The smallest absolute Gasteiger partial charge is 0.198 e. The number of hydrogen-bond acceptors (Lipinski definition) is 10. The molecule has 7 N–H and O–H groups in total. The first-order chi connectivity index (χ1) is 16.6. The number of ether oxygens (including phenoxy) is 2. The van der Waals surface area contributed by atoms with Crippen molar-refractivity contribution in [3.8, 4) is 11.5 Å². The van der Waals surface area contributed by atoms with Crippen molar-refractivity contribution in [3.05, 3.63) is 57.6 Å². The normalized spacial score (nSPS) is 31.2. The molecule has 1 fully saturated rings. The lowest BCUT2D eigenvalue weighted by atomic mass is 9.73. The third-order valence-electron chi connectivity index (χ3n) is 7.21. The highest BCUT2D eigenvalue weighted by Crippen LogP contribution is 2.51. The van der Waals surface area contributed by atoms with Crippen LogP contribution in [-0.2, 0) is 15.9 Å². The number of aliphatic hydroxyl groups excluding tert-OH is 2. The van der Waals surface area contributed by atoms with Gasteiger partial charge in [0.2, 0.25) is 0 Å². The van der Waals surface area contributed by atoms with E-state index in [2.05, 4.69) is 0 Å². The lowest BCUT2D eigenvalue weighted by molar-refractivity contribution is -0.248. The largest absolute Gasteiger partial charge is 0.507 e. The van der Waals surface area contributed by atoms with Gasteiger partial charge in [0.25, 0.3) is 0 Å². The van der Waals surface area contributed by atoms with Crippen molar-refractivity contribution in [1.82, 2.24) is 0 Å². The maximum atomic E-state index is 13.3. The minimum absolute atomic E-state index is 0. The van der Waals surface area contributed by atoms with E-state index >= 15 is 0 Å². The number of nitrogens with two attached hydrogens (primary N) is 1. The van der Waals surface area contributed by atoms with E-state index in [-0.39, 0.29) is 65.1 Å². The van der Waals surface area contributed by atoms with Gasteiger partial charge in [-0.05, 0) is 6.92 Å². The number of phenolic OH excluding ortho intramolecular Hbond substituents is 2. The highest BCUT2D eigenvalue weighted by molar-refractivity contribution is 6.30. The number of aliphatic hydroxyl groups is 3. The number of hydrogen-bond donors (Lipinski definition) is 6. The number of fused-ring (bicyclic) bond motifs is 3. The predicted molar refractivity (Wildman–Crippen MR) is 127 cm³/mol. The molecule has 0 amide bonds. The highest BCUT2D eigenvalue weighted by atomic mass is 35.5. The third-order valence-corrected chi connectivity index (χ3v) is 7.21. The van der Waals surface area contributed by atoms with E-state index in [1.807, 2.05) is 0 Å². The SMILES string of the molecule is C[C@@H]1OC(O[C@H]2C[C@](O)(CO)Cc3c(O)c4c(c(O)c32)C(=O)c2ccccc2C4=O)C[C@H](N)[C@H]1O.Cl. The zero-order valence-electron chi connectivity index (χ0n) is 19.4. The second-order valence-corrected chi connectivity index (χ2v) is 9.59. The fourth-order valence-corrected chi connectivity index (χ4v) is 5.35. The Morgan fingerprint density at radius 3 is 2.25 bits per heavy atom. The van der Waals surface area contributed by atoms with Gasteiger partial charge >= 0.3 is 0 Å². The zero-order chi connectivity index (χ0) is 25.2. The molecular weight excluding hydrogens is 494 g/mol. The lowest BCUT2D eigenvalue weighted by Gasteiger charge is -2.42. The molecule has 194 valence electrons. The molecule has 1 aliphatic heterocycles. The van der Waals surface area contributed by atoms with Crippen molar-refractivity contribution in [1.29, 1.82) is 0 Å². The van der Waals surface area contributed by atoms with Crippen molar-refractivity contribution >= 4 is 24.0 Å². The first kappa shape index (κ1) is 26.5. The minimum atomic E-state index is -1.74. The molecule has 5 rings (SSSR count). The van der Waals surface area contributed by atoms with Crippen LogP contribution >= 0.6 is 12.4 Å². The Bertz CT molecular complexity index is 1220. The summed E-state index contributed by atoms with van der Waals surface area (Å²) in [5.41, 5.74) is 3.81. The number of carbonyl (C=O) groups excluding carboxylic acids is 2. The van der Waals surface area contributed by atoms with Crippen molar-refractivity contribution in [3.63, 3.8) is 0 Å². The van der Waals surface area contributed by atoms with Crippen molar-refractivity contribution in [2.24, 2.45) is 5.73 Å². The molecule has 0 spiro atoms. The molecule has 1 unspecified atom stereocenters. The predicted octanol–water partition coefficient (Wildman–Crippen LogP) is 0.845. The fraction of sp³-hybridized carbons (Fsp3) is 0.440. The first-order valence-electron chi connectivity index (χ1n) is 11.4. The Labute approximate surface area is 212 Å². The van der Waals surface area contributed by atoms with Crippen LogP contribution in [0.1, 0.15) is 68.8 Å². The van der Waals surface area contributed by atoms with E-state index in [0.717, 1.165) is 0 Å². The molecule has 3 aliphatic rings. The summed E-state index contributed by atoms with van der Waals surface area (Å²) in [6.45, 7) is 0.944. The first-order valence-corrected chi connectivity index (χ1v) is 11.4. The monoisotopic (exact) mass is 521 g/mol. The molecule has 2 aromatic rings. The summed E-state index contributed by atoms with van der Waals surface area (Å²) < 4.78 is 11.7. The van der Waals surface area contributed by atoms with Gasteiger partial charge in [0.1, 0.15) is 11.5 Å². The summed E-state index contributed by atoms with van der Waals surface area (Å²) in [6, 6.07) is 5.47. The molecule has 6 atom stereocenters. The average molecular weight is 522 g/mol. The van der Waals surface area contributed by atoms with Gasteiger partial charge in [0, 0.05) is 47.6 Å². The zero-order valence-corrected chi connectivity index (χ0v) is 20.2. The van der Waals surface area contributed by atoms with Gasteiger partial charge in [-0.1, -0.05) is 24.3 Å². The summed E-state index contributed by atoms with van der Waals surface area (Å²) >= 11 is 0. The number of halogens is 1. The maximum absolute atomic E-state index is 13.3. The van der Waals surface area contributed by atoms with E-state index in [1.54, 1.807) is 19.1 Å². The van der Waals surface area contributed by atoms with Crippen LogP contribution < -0.4 is 5.73 Å². The standard InChI is InChI=1S/C25H27NO9.ClH/c1-10-20(28)14(26)6-16(34-10)35-15-8-25(33,9-27)7-13-17(15)24(32)19-18(23(13)31)21(29)11-4-2-3-5-12(11)22(19)30;/h2-5,10,14-16,20,27-28,31-33H,6-9,26H2,1H3;1H/t10-,14-,15-,16?,20-,25-;/m0./s1. The van der Waals surface area contributed by atoms with Crippen LogP contribution in [0.5, 0.6) is 11.5 Å².